The second-order valence-electron chi connectivity index (χ2n) is 4.80. The molecule has 0 saturated heterocycles. The van der Waals surface area contributed by atoms with Crippen LogP contribution in [0.15, 0.2) is 59.5 Å². The molecule has 0 bridgehead atoms. The van der Waals surface area contributed by atoms with Crippen LogP contribution in [0.5, 0.6) is 0 Å². The Balaban J connectivity index is 2.21. The number of nitrogens with one attached hydrogen (secondary N) is 1. The fraction of sp³-hybridized carbons (Fsp3) is 0.188. The van der Waals surface area contributed by atoms with Crippen molar-refractivity contribution < 1.29 is 13.5 Å². The maximum absolute atomic E-state index is 12.4. The zero-order valence-electron chi connectivity index (χ0n) is 11.8. The van der Waals surface area contributed by atoms with E-state index < -0.39 is 16.1 Å². The summed E-state index contributed by atoms with van der Waals surface area (Å²) in [5.41, 5.74) is 0.990. The van der Waals surface area contributed by atoms with E-state index in [0.717, 1.165) is 5.56 Å². The normalized spacial score (nSPS) is 12.5. The molecule has 1 unspecified atom stereocenters. The maximum atomic E-state index is 12.4. The van der Waals surface area contributed by atoms with E-state index in [2.05, 4.69) is 4.72 Å². The molecule has 22 heavy (non-hydrogen) atoms. The average molecular weight is 316 g/mol. The Labute approximate surface area is 129 Å². The van der Waals surface area contributed by atoms with E-state index in [0.29, 0.717) is 6.42 Å². The summed E-state index contributed by atoms with van der Waals surface area (Å²) in [5, 5.41) is 18.4. The van der Waals surface area contributed by atoms with Crippen molar-refractivity contribution >= 4 is 10.0 Å². The van der Waals surface area contributed by atoms with Gasteiger partial charge < -0.3 is 5.11 Å². The van der Waals surface area contributed by atoms with Crippen LogP contribution >= 0.6 is 0 Å². The molecule has 0 aliphatic rings. The molecule has 0 aliphatic heterocycles. The van der Waals surface area contributed by atoms with Crippen LogP contribution in [0, 0.1) is 11.3 Å². The largest absolute Gasteiger partial charge is 0.395 e. The summed E-state index contributed by atoms with van der Waals surface area (Å²) in [6.45, 7) is -0.331. The zero-order valence-corrected chi connectivity index (χ0v) is 12.6. The van der Waals surface area contributed by atoms with Gasteiger partial charge in [-0.2, -0.15) is 5.26 Å². The minimum Gasteiger partial charge on any atom is -0.395 e. The Morgan fingerprint density at radius 1 is 1.09 bits per heavy atom. The molecule has 0 aromatic heterocycles. The van der Waals surface area contributed by atoms with Crippen LogP contribution in [0.3, 0.4) is 0 Å². The van der Waals surface area contributed by atoms with E-state index in [-0.39, 0.29) is 17.1 Å². The van der Waals surface area contributed by atoms with Crippen molar-refractivity contribution in [1.82, 2.24) is 4.72 Å². The Morgan fingerprint density at radius 3 is 2.36 bits per heavy atom. The first kappa shape index (κ1) is 16.2. The summed E-state index contributed by atoms with van der Waals surface area (Å²) in [5.74, 6) is 0. The highest BCUT2D eigenvalue weighted by atomic mass is 32.2. The fourth-order valence-corrected chi connectivity index (χ4v) is 3.50. The van der Waals surface area contributed by atoms with E-state index in [1.165, 1.54) is 12.1 Å². The fourth-order valence-electron chi connectivity index (χ4n) is 2.12. The molecular formula is C16H16N2O3S. The first-order chi connectivity index (χ1) is 10.6. The van der Waals surface area contributed by atoms with Crippen LogP contribution in [-0.4, -0.2) is 26.2 Å². The van der Waals surface area contributed by atoms with Crippen molar-refractivity contribution in [2.75, 3.05) is 6.61 Å². The summed E-state index contributed by atoms with van der Waals surface area (Å²) >= 11 is 0. The van der Waals surface area contributed by atoms with Crippen LogP contribution in [0.2, 0.25) is 0 Å². The number of nitriles is 1. The van der Waals surface area contributed by atoms with Crippen molar-refractivity contribution in [2.24, 2.45) is 0 Å². The first-order valence-corrected chi connectivity index (χ1v) is 8.21. The minimum absolute atomic E-state index is 0.0754. The quantitative estimate of drug-likeness (QED) is 0.844. The summed E-state index contributed by atoms with van der Waals surface area (Å²) in [6, 6.07) is 16.5. The lowest BCUT2D eigenvalue weighted by molar-refractivity contribution is 0.256. The number of aliphatic hydroxyl groups excluding tert-OH is 1. The number of hydrogen-bond donors (Lipinski definition) is 2. The molecule has 0 heterocycles. The lowest BCUT2D eigenvalue weighted by Crippen LogP contribution is -2.39. The SMILES string of the molecule is N#Cc1ccccc1S(=O)(=O)NC(CO)Cc1ccccc1. The maximum Gasteiger partial charge on any atom is 0.242 e. The topological polar surface area (TPSA) is 90.2 Å². The third-order valence-electron chi connectivity index (χ3n) is 3.16. The second kappa shape index (κ2) is 7.18. The van der Waals surface area contributed by atoms with Crippen LogP contribution < -0.4 is 4.72 Å². The van der Waals surface area contributed by atoms with Gasteiger partial charge in [0.05, 0.1) is 17.1 Å². The molecule has 5 nitrogen and oxygen atoms in total. The number of sulfonamides is 1. The summed E-state index contributed by atoms with van der Waals surface area (Å²) < 4.78 is 27.2. The van der Waals surface area contributed by atoms with Gasteiger partial charge in [0.2, 0.25) is 10.0 Å². The van der Waals surface area contributed by atoms with Gasteiger partial charge in [-0.25, -0.2) is 13.1 Å². The number of nitrogens with zero attached hydrogens (tertiary/aromatic N) is 1. The van der Waals surface area contributed by atoms with Gasteiger partial charge in [-0.3, -0.25) is 0 Å². The van der Waals surface area contributed by atoms with Gasteiger partial charge in [0.1, 0.15) is 6.07 Å². The van der Waals surface area contributed by atoms with Crippen molar-refractivity contribution in [1.29, 1.82) is 5.26 Å². The van der Waals surface area contributed by atoms with Crippen molar-refractivity contribution in [3.05, 3.63) is 65.7 Å². The van der Waals surface area contributed by atoms with Gasteiger partial charge >= 0.3 is 0 Å². The third kappa shape index (κ3) is 3.92. The number of benzene rings is 2. The van der Waals surface area contributed by atoms with Crippen LogP contribution in [0.4, 0.5) is 0 Å². The molecule has 0 spiro atoms. The Hall–Kier alpha value is -2.20. The molecule has 0 fully saturated rings. The Kier molecular flexibility index (Phi) is 5.28. The minimum atomic E-state index is -3.87. The number of hydrogen-bond acceptors (Lipinski definition) is 4. The van der Waals surface area contributed by atoms with Crippen LogP contribution in [-0.2, 0) is 16.4 Å². The van der Waals surface area contributed by atoms with Gasteiger partial charge in [0.25, 0.3) is 0 Å². The van der Waals surface area contributed by atoms with Crippen molar-refractivity contribution in [2.45, 2.75) is 17.4 Å². The highest BCUT2D eigenvalue weighted by Gasteiger charge is 2.22. The number of aliphatic hydroxyl groups is 1. The van der Waals surface area contributed by atoms with Crippen molar-refractivity contribution in [3.63, 3.8) is 0 Å². The smallest absolute Gasteiger partial charge is 0.242 e. The van der Waals surface area contributed by atoms with Gasteiger partial charge in [0.15, 0.2) is 0 Å². The molecule has 0 aliphatic carbocycles. The molecule has 2 N–H and O–H groups in total. The molecule has 0 radical (unpaired) electrons. The lowest BCUT2D eigenvalue weighted by Gasteiger charge is -2.17. The molecule has 2 aromatic rings. The predicted molar refractivity (Wildman–Crippen MR) is 82.5 cm³/mol. The predicted octanol–water partition coefficient (Wildman–Crippen LogP) is 1.44. The molecule has 0 amide bonds. The van der Waals surface area contributed by atoms with E-state index in [9.17, 15) is 13.5 Å². The van der Waals surface area contributed by atoms with Crippen LogP contribution in [0.1, 0.15) is 11.1 Å². The van der Waals surface area contributed by atoms with Gasteiger partial charge in [-0.05, 0) is 24.1 Å². The van der Waals surface area contributed by atoms with E-state index in [4.69, 9.17) is 5.26 Å². The molecule has 6 heteroatoms. The van der Waals surface area contributed by atoms with Crippen molar-refractivity contribution in [3.8, 4) is 6.07 Å². The highest BCUT2D eigenvalue weighted by Crippen LogP contribution is 2.15. The molecule has 2 rings (SSSR count). The standard InChI is InChI=1S/C16H16N2O3S/c17-11-14-8-4-5-9-16(14)22(20,21)18-15(12-19)10-13-6-2-1-3-7-13/h1-9,15,18-19H,10,12H2. The molecule has 114 valence electrons. The van der Waals surface area contributed by atoms with Crippen LogP contribution in [0.25, 0.3) is 0 Å². The van der Waals surface area contributed by atoms with Gasteiger partial charge in [0, 0.05) is 6.04 Å². The van der Waals surface area contributed by atoms with Gasteiger partial charge in [-0.15, -0.1) is 0 Å². The highest BCUT2D eigenvalue weighted by molar-refractivity contribution is 7.89. The molecule has 2 aromatic carbocycles. The van der Waals surface area contributed by atoms with E-state index in [1.807, 2.05) is 36.4 Å². The lowest BCUT2D eigenvalue weighted by atomic mass is 10.1. The number of rotatable bonds is 6. The molecular weight excluding hydrogens is 300 g/mol. The molecule has 0 saturated carbocycles. The zero-order chi connectivity index (χ0) is 16.0. The summed E-state index contributed by atoms with van der Waals surface area (Å²) in [6.07, 6.45) is 0.366. The monoisotopic (exact) mass is 316 g/mol. The van der Waals surface area contributed by atoms with E-state index in [1.54, 1.807) is 12.1 Å². The van der Waals surface area contributed by atoms with E-state index >= 15 is 0 Å². The van der Waals surface area contributed by atoms with Gasteiger partial charge in [-0.1, -0.05) is 42.5 Å². The average Bonchev–Trinajstić information content (AvgIpc) is 2.55. The first-order valence-electron chi connectivity index (χ1n) is 6.73. The third-order valence-corrected chi connectivity index (χ3v) is 4.74. The summed E-state index contributed by atoms with van der Waals surface area (Å²) in [4.78, 5) is -0.0796. The second-order valence-corrected chi connectivity index (χ2v) is 6.48. The Morgan fingerprint density at radius 2 is 1.73 bits per heavy atom. The Bertz CT molecular complexity index is 767. The molecule has 1 atom stereocenters. The summed E-state index contributed by atoms with van der Waals surface area (Å²) in [7, 11) is -3.87.